The molecule has 1 aromatic rings. The van der Waals surface area contributed by atoms with E-state index in [2.05, 4.69) is 45.5 Å². The largest absolute Gasteiger partial charge is 0.381 e. The molecule has 98 valence electrons. The van der Waals surface area contributed by atoms with Crippen LogP contribution in [0.3, 0.4) is 0 Å². The Balaban J connectivity index is 1.79. The van der Waals surface area contributed by atoms with Gasteiger partial charge in [0.2, 0.25) is 0 Å². The summed E-state index contributed by atoms with van der Waals surface area (Å²) >= 11 is 3.72. The van der Waals surface area contributed by atoms with Crippen molar-refractivity contribution in [2.75, 3.05) is 26.3 Å². The summed E-state index contributed by atoms with van der Waals surface area (Å²) in [5.74, 6) is 0.827. The van der Waals surface area contributed by atoms with Crippen LogP contribution in [0.25, 0.3) is 0 Å². The number of halogens is 1. The first-order valence-electron chi connectivity index (χ1n) is 6.84. The van der Waals surface area contributed by atoms with E-state index in [4.69, 9.17) is 4.74 Å². The van der Waals surface area contributed by atoms with Crippen LogP contribution in [0.2, 0.25) is 0 Å². The minimum atomic E-state index is 0.349. The molecule has 0 aromatic heterocycles. The Morgan fingerprint density at radius 2 is 1.94 bits per heavy atom. The molecule has 0 bridgehead atoms. The van der Waals surface area contributed by atoms with E-state index in [0.717, 1.165) is 32.2 Å². The molecule has 1 N–H and O–H groups in total. The molecular weight excluding hydrogens is 290 g/mol. The third-order valence-corrected chi connectivity index (χ3v) is 5.08. The molecule has 18 heavy (non-hydrogen) atoms. The zero-order valence-corrected chi connectivity index (χ0v) is 12.2. The Morgan fingerprint density at radius 1 is 1.22 bits per heavy atom. The standard InChI is InChI=1S/C15H20BrNO/c16-14-4-2-1-3-13(14)15(10-17-11-15)9-12-5-7-18-8-6-12/h1-4,12,17H,5-11H2. The highest BCUT2D eigenvalue weighted by Gasteiger charge is 2.41. The first kappa shape index (κ1) is 12.6. The molecule has 2 aliphatic heterocycles. The van der Waals surface area contributed by atoms with Crippen molar-refractivity contribution >= 4 is 15.9 Å². The highest BCUT2D eigenvalue weighted by molar-refractivity contribution is 9.10. The summed E-state index contributed by atoms with van der Waals surface area (Å²) in [5, 5.41) is 3.47. The van der Waals surface area contributed by atoms with E-state index < -0.39 is 0 Å². The van der Waals surface area contributed by atoms with Crippen LogP contribution in [0.5, 0.6) is 0 Å². The summed E-state index contributed by atoms with van der Waals surface area (Å²) in [7, 11) is 0. The van der Waals surface area contributed by atoms with Gasteiger partial charge < -0.3 is 10.1 Å². The summed E-state index contributed by atoms with van der Waals surface area (Å²) in [6.07, 6.45) is 3.75. The van der Waals surface area contributed by atoms with Gasteiger partial charge in [-0.25, -0.2) is 0 Å². The van der Waals surface area contributed by atoms with E-state index in [1.807, 2.05) is 0 Å². The van der Waals surface area contributed by atoms with Crippen LogP contribution in [-0.2, 0) is 10.2 Å². The number of hydrogen-bond acceptors (Lipinski definition) is 2. The van der Waals surface area contributed by atoms with E-state index >= 15 is 0 Å². The maximum absolute atomic E-state index is 5.47. The van der Waals surface area contributed by atoms with Crippen LogP contribution in [-0.4, -0.2) is 26.3 Å². The molecule has 3 heteroatoms. The van der Waals surface area contributed by atoms with Crippen molar-refractivity contribution in [3.8, 4) is 0 Å². The second-order valence-corrected chi connectivity index (χ2v) is 6.48. The number of benzene rings is 1. The predicted octanol–water partition coefficient (Wildman–Crippen LogP) is 3.11. The number of nitrogens with one attached hydrogen (secondary N) is 1. The number of rotatable bonds is 3. The van der Waals surface area contributed by atoms with Crippen LogP contribution in [0, 0.1) is 5.92 Å². The van der Waals surface area contributed by atoms with Gasteiger partial charge in [0.05, 0.1) is 0 Å². The van der Waals surface area contributed by atoms with Gasteiger partial charge in [0.15, 0.2) is 0 Å². The molecule has 2 saturated heterocycles. The highest BCUT2D eigenvalue weighted by Crippen LogP contribution is 2.40. The minimum Gasteiger partial charge on any atom is -0.381 e. The second-order valence-electron chi connectivity index (χ2n) is 5.62. The smallest absolute Gasteiger partial charge is 0.0468 e. The monoisotopic (exact) mass is 309 g/mol. The van der Waals surface area contributed by atoms with Crippen molar-refractivity contribution in [3.05, 3.63) is 34.3 Å². The Bertz CT molecular complexity index is 411. The molecule has 0 aliphatic carbocycles. The zero-order chi connectivity index (χ0) is 12.4. The van der Waals surface area contributed by atoms with Gasteiger partial charge in [-0.3, -0.25) is 0 Å². The van der Waals surface area contributed by atoms with E-state index in [-0.39, 0.29) is 0 Å². The first-order chi connectivity index (χ1) is 8.80. The van der Waals surface area contributed by atoms with Crippen molar-refractivity contribution < 1.29 is 4.74 Å². The second kappa shape index (κ2) is 5.32. The van der Waals surface area contributed by atoms with Crippen LogP contribution < -0.4 is 5.32 Å². The molecule has 0 radical (unpaired) electrons. The fourth-order valence-corrected chi connectivity index (χ4v) is 3.97. The molecule has 0 spiro atoms. The molecule has 1 aromatic carbocycles. The van der Waals surface area contributed by atoms with Crippen molar-refractivity contribution in [1.29, 1.82) is 0 Å². The van der Waals surface area contributed by atoms with Gasteiger partial charge in [0.1, 0.15) is 0 Å². The molecule has 2 aliphatic rings. The predicted molar refractivity (Wildman–Crippen MR) is 76.8 cm³/mol. The van der Waals surface area contributed by atoms with Gasteiger partial charge in [-0.15, -0.1) is 0 Å². The lowest BCUT2D eigenvalue weighted by molar-refractivity contribution is 0.0500. The van der Waals surface area contributed by atoms with Gasteiger partial charge in [0, 0.05) is 36.2 Å². The Morgan fingerprint density at radius 3 is 2.56 bits per heavy atom. The molecular formula is C15H20BrNO. The SMILES string of the molecule is Brc1ccccc1C1(CC2CCOCC2)CNC1. The van der Waals surface area contributed by atoms with E-state index in [0.29, 0.717) is 5.41 Å². The Labute approximate surface area is 117 Å². The van der Waals surface area contributed by atoms with Crippen molar-refractivity contribution in [3.63, 3.8) is 0 Å². The lowest BCUT2D eigenvalue weighted by Gasteiger charge is -2.46. The average molecular weight is 310 g/mol. The van der Waals surface area contributed by atoms with Crippen LogP contribution in [0.1, 0.15) is 24.8 Å². The summed E-state index contributed by atoms with van der Waals surface area (Å²) in [6.45, 7) is 4.13. The molecule has 0 unspecified atom stereocenters. The van der Waals surface area contributed by atoms with Crippen LogP contribution in [0.4, 0.5) is 0 Å². The van der Waals surface area contributed by atoms with Crippen molar-refractivity contribution in [2.45, 2.75) is 24.7 Å². The van der Waals surface area contributed by atoms with E-state index in [1.54, 1.807) is 0 Å². The van der Waals surface area contributed by atoms with Crippen LogP contribution >= 0.6 is 15.9 Å². The normalized spacial score (nSPS) is 23.6. The maximum Gasteiger partial charge on any atom is 0.0468 e. The highest BCUT2D eigenvalue weighted by atomic mass is 79.9. The fraction of sp³-hybridized carbons (Fsp3) is 0.600. The van der Waals surface area contributed by atoms with Gasteiger partial charge in [-0.2, -0.15) is 0 Å². The summed E-state index contributed by atoms with van der Waals surface area (Å²) in [4.78, 5) is 0. The van der Waals surface area contributed by atoms with Gasteiger partial charge in [-0.05, 0) is 36.8 Å². The first-order valence-corrected chi connectivity index (χ1v) is 7.63. The van der Waals surface area contributed by atoms with Crippen LogP contribution in [0.15, 0.2) is 28.7 Å². The summed E-state index contributed by atoms with van der Waals surface area (Å²) < 4.78 is 6.73. The molecule has 3 rings (SSSR count). The fourth-order valence-electron chi connectivity index (χ4n) is 3.27. The molecule has 2 nitrogen and oxygen atoms in total. The van der Waals surface area contributed by atoms with E-state index in [9.17, 15) is 0 Å². The minimum absolute atomic E-state index is 0.349. The molecule has 2 fully saturated rings. The molecule has 0 amide bonds. The molecule has 0 saturated carbocycles. The van der Waals surface area contributed by atoms with Gasteiger partial charge in [-0.1, -0.05) is 34.1 Å². The van der Waals surface area contributed by atoms with Gasteiger partial charge >= 0.3 is 0 Å². The molecule has 0 atom stereocenters. The van der Waals surface area contributed by atoms with Gasteiger partial charge in [0.25, 0.3) is 0 Å². The van der Waals surface area contributed by atoms with Crippen molar-refractivity contribution in [1.82, 2.24) is 5.32 Å². The quantitative estimate of drug-likeness (QED) is 0.926. The summed E-state index contributed by atoms with van der Waals surface area (Å²) in [6, 6.07) is 8.70. The van der Waals surface area contributed by atoms with Crippen molar-refractivity contribution in [2.24, 2.45) is 5.92 Å². The third-order valence-electron chi connectivity index (χ3n) is 4.39. The number of ether oxygens (including phenoxy) is 1. The zero-order valence-electron chi connectivity index (χ0n) is 10.6. The number of hydrogen-bond donors (Lipinski definition) is 1. The third kappa shape index (κ3) is 2.36. The average Bonchev–Trinajstić information content (AvgIpc) is 2.36. The maximum atomic E-state index is 5.47. The van der Waals surface area contributed by atoms with E-state index in [1.165, 1.54) is 29.3 Å². The molecule has 2 heterocycles. The lowest BCUT2D eigenvalue weighted by Crippen LogP contribution is -2.58. The topological polar surface area (TPSA) is 21.3 Å². The Kier molecular flexibility index (Phi) is 3.73. The summed E-state index contributed by atoms with van der Waals surface area (Å²) in [5.41, 5.74) is 1.83. The lowest BCUT2D eigenvalue weighted by atomic mass is 9.68. The Hall–Kier alpha value is -0.380.